The molecule has 2 N–H and O–H groups in total. The molecule has 2 aromatic rings. The highest BCUT2D eigenvalue weighted by atomic mass is 32.1. The highest BCUT2D eigenvalue weighted by Crippen LogP contribution is 2.26. The number of rotatable bonds is 9. The minimum absolute atomic E-state index is 0.0404. The predicted octanol–water partition coefficient (Wildman–Crippen LogP) is 1.48. The maximum absolute atomic E-state index is 13.2. The third-order valence-corrected chi connectivity index (χ3v) is 5.31. The number of hydrogen-bond acceptors (Lipinski definition) is 3. The SMILES string of the molecule is CCN(CC)C(=O)C[NH+](C)CC(=O)N[C@@H](c1ccc(F)cc1)c1cccs1. The summed E-state index contributed by atoms with van der Waals surface area (Å²) in [7, 11) is 1.83. The highest BCUT2D eigenvalue weighted by Gasteiger charge is 2.22. The van der Waals surface area contributed by atoms with Gasteiger partial charge < -0.3 is 15.1 Å². The van der Waals surface area contributed by atoms with Gasteiger partial charge in [-0.1, -0.05) is 18.2 Å². The fourth-order valence-electron chi connectivity index (χ4n) is 2.92. The van der Waals surface area contributed by atoms with Crippen LogP contribution in [0.3, 0.4) is 0 Å². The standard InChI is InChI=1S/C20H26FN3O2S/c1-4-24(5-2)19(26)14-23(3)13-18(25)22-20(17-7-6-12-27-17)15-8-10-16(21)11-9-15/h6-12,20H,4-5,13-14H2,1-3H3,(H,22,25)/p+1/t20-/m0/s1. The highest BCUT2D eigenvalue weighted by molar-refractivity contribution is 7.10. The molecule has 1 aromatic heterocycles. The lowest BCUT2D eigenvalue weighted by Crippen LogP contribution is -3.11. The number of nitrogens with zero attached hydrogens (tertiary/aromatic N) is 1. The summed E-state index contributed by atoms with van der Waals surface area (Å²) < 4.78 is 13.2. The third kappa shape index (κ3) is 6.15. The van der Waals surface area contributed by atoms with Crippen molar-refractivity contribution >= 4 is 23.2 Å². The summed E-state index contributed by atoms with van der Waals surface area (Å²) in [4.78, 5) is 28.3. The van der Waals surface area contributed by atoms with E-state index < -0.39 is 0 Å². The molecule has 0 radical (unpaired) electrons. The van der Waals surface area contributed by atoms with E-state index in [1.165, 1.54) is 23.5 Å². The van der Waals surface area contributed by atoms with E-state index in [-0.39, 0.29) is 36.8 Å². The van der Waals surface area contributed by atoms with Crippen molar-refractivity contribution in [2.24, 2.45) is 0 Å². The van der Waals surface area contributed by atoms with Crippen molar-refractivity contribution < 1.29 is 18.9 Å². The van der Waals surface area contributed by atoms with Crippen LogP contribution in [0, 0.1) is 5.82 Å². The van der Waals surface area contributed by atoms with E-state index in [1.807, 2.05) is 38.4 Å². The molecule has 2 rings (SSSR count). The summed E-state index contributed by atoms with van der Waals surface area (Å²) in [5.41, 5.74) is 0.823. The summed E-state index contributed by atoms with van der Waals surface area (Å²) in [5, 5.41) is 4.96. The van der Waals surface area contributed by atoms with Crippen molar-refractivity contribution in [1.82, 2.24) is 10.2 Å². The first-order valence-electron chi connectivity index (χ1n) is 9.11. The van der Waals surface area contributed by atoms with Crippen molar-refractivity contribution in [3.63, 3.8) is 0 Å². The number of thiophene rings is 1. The zero-order chi connectivity index (χ0) is 19.8. The second-order valence-corrected chi connectivity index (χ2v) is 7.42. The maximum atomic E-state index is 13.2. The maximum Gasteiger partial charge on any atom is 0.277 e. The molecule has 7 heteroatoms. The van der Waals surface area contributed by atoms with Crippen LogP contribution in [0.5, 0.6) is 0 Å². The molecule has 2 amide bonds. The van der Waals surface area contributed by atoms with Gasteiger partial charge in [-0.2, -0.15) is 0 Å². The summed E-state index contributed by atoms with van der Waals surface area (Å²) in [5.74, 6) is -0.421. The largest absolute Gasteiger partial charge is 0.339 e. The Morgan fingerprint density at radius 2 is 1.81 bits per heavy atom. The zero-order valence-corrected chi connectivity index (χ0v) is 16.8. The molecule has 146 valence electrons. The van der Waals surface area contributed by atoms with Crippen LogP contribution < -0.4 is 10.2 Å². The fourth-order valence-corrected chi connectivity index (χ4v) is 3.73. The van der Waals surface area contributed by atoms with E-state index in [2.05, 4.69) is 5.32 Å². The van der Waals surface area contributed by atoms with Crippen LogP contribution in [0.1, 0.15) is 30.3 Å². The number of halogens is 1. The quantitative estimate of drug-likeness (QED) is 0.679. The second kappa shape index (κ2) is 10.2. The predicted molar refractivity (Wildman–Crippen MR) is 105 cm³/mol. The van der Waals surface area contributed by atoms with Gasteiger partial charge in [0.2, 0.25) is 0 Å². The molecule has 0 spiro atoms. The first kappa shape index (κ1) is 21.1. The molecule has 0 saturated carbocycles. The van der Waals surface area contributed by atoms with Gasteiger partial charge in [0.05, 0.1) is 13.1 Å². The van der Waals surface area contributed by atoms with Crippen molar-refractivity contribution in [2.75, 3.05) is 33.2 Å². The number of carbonyl (C=O) groups excluding carboxylic acids is 2. The Morgan fingerprint density at radius 3 is 2.37 bits per heavy atom. The Kier molecular flexibility index (Phi) is 7.94. The van der Waals surface area contributed by atoms with E-state index in [4.69, 9.17) is 0 Å². The molecular formula is C20H27FN3O2S+. The zero-order valence-electron chi connectivity index (χ0n) is 16.0. The van der Waals surface area contributed by atoms with E-state index in [0.29, 0.717) is 13.1 Å². The lowest BCUT2D eigenvalue weighted by atomic mass is 10.1. The first-order valence-corrected chi connectivity index (χ1v) is 9.99. The molecule has 5 nitrogen and oxygen atoms in total. The molecule has 0 aliphatic heterocycles. The smallest absolute Gasteiger partial charge is 0.277 e. The molecule has 0 bridgehead atoms. The first-order chi connectivity index (χ1) is 12.9. The van der Waals surface area contributed by atoms with Crippen LogP contribution in [0.4, 0.5) is 4.39 Å². The lowest BCUT2D eigenvalue weighted by Gasteiger charge is -2.22. The number of likely N-dealkylation sites (N-methyl/N-ethyl adjacent to an activating group) is 2. The van der Waals surface area contributed by atoms with Crippen LogP contribution in [0.2, 0.25) is 0 Å². The molecule has 0 fully saturated rings. The van der Waals surface area contributed by atoms with Gasteiger partial charge in [-0.25, -0.2) is 4.39 Å². The van der Waals surface area contributed by atoms with Gasteiger partial charge in [0.1, 0.15) is 5.82 Å². The van der Waals surface area contributed by atoms with Crippen LogP contribution in [0.15, 0.2) is 41.8 Å². The normalized spacial score (nSPS) is 13.0. The van der Waals surface area contributed by atoms with Gasteiger partial charge in [-0.15, -0.1) is 11.3 Å². The van der Waals surface area contributed by atoms with Crippen molar-refractivity contribution in [1.29, 1.82) is 0 Å². The molecule has 1 aromatic carbocycles. The van der Waals surface area contributed by atoms with Crippen LogP contribution in [-0.4, -0.2) is 49.9 Å². The number of amides is 2. The second-order valence-electron chi connectivity index (χ2n) is 6.44. The Bertz CT molecular complexity index is 730. The van der Waals surface area contributed by atoms with Gasteiger partial charge in [-0.3, -0.25) is 9.59 Å². The molecule has 1 unspecified atom stereocenters. The molecule has 0 aliphatic rings. The third-order valence-electron chi connectivity index (χ3n) is 4.37. The van der Waals surface area contributed by atoms with E-state index in [9.17, 15) is 14.0 Å². The summed E-state index contributed by atoms with van der Waals surface area (Å²) in [6.45, 7) is 5.68. The Balaban J connectivity index is 2.01. The van der Waals surface area contributed by atoms with Gasteiger partial charge in [0, 0.05) is 18.0 Å². The number of carbonyl (C=O) groups is 2. The van der Waals surface area contributed by atoms with Gasteiger partial charge in [0.25, 0.3) is 11.8 Å². The molecule has 0 saturated heterocycles. The Morgan fingerprint density at radius 1 is 1.15 bits per heavy atom. The fraction of sp³-hybridized carbons (Fsp3) is 0.400. The van der Waals surface area contributed by atoms with Gasteiger partial charge in [0.15, 0.2) is 13.1 Å². The lowest BCUT2D eigenvalue weighted by molar-refractivity contribution is -0.863. The van der Waals surface area contributed by atoms with Crippen LogP contribution >= 0.6 is 11.3 Å². The molecule has 2 atom stereocenters. The van der Waals surface area contributed by atoms with E-state index >= 15 is 0 Å². The minimum Gasteiger partial charge on any atom is -0.339 e. The van der Waals surface area contributed by atoms with Gasteiger partial charge in [-0.05, 0) is 43.0 Å². The number of benzene rings is 1. The van der Waals surface area contributed by atoms with Crippen LogP contribution in [0.25, 0.3) is 0 Å². The summed E-state index contributed by atoms with van der Waals surface area (Å²) >= 11 is 1.54. The van der Waals surface area contributed by atoms with Crippen molar-refractivity contribution in [2.45, 2.75) is 19.9 Å². The monoisotopic (exact) mass is 392 g/mol. The number of quaternary nitrogens is 1. The Labute approximate surface area is 163 Å². The van der Waals surface area contributed by atoms with Gasteiger partial charge >= 0.3 is 0 Å². The Hall–Kier alpha value is -2.25. The average molecular weight is 393 g/mol. The molecule has 0 aliphatic carbocycles. The minimum atomic E-state index is -0.329. The topological polar surface area (TPSA) is 53.9 Å². The number of nitrogens with one attached hydrogen (secondary N) is 2. The molecule has 27 heavy (non-hydrogen) atoms. The number of hydrogen-bond donors (Lipinski definition) is 2. The van der Waals surface area contributed by atoms with E-state index in [0.717, 1.165) is 15.3 Å². The average Bonchev–Trinajstić information content (AvgIpc) is 3.15. The van der Waals surface area contributed by atoms with Crippen molar-refractivity contribution in [3.05, 3.63) is 58.0 Å². The van der Waals surface area contributed by atoms with Crippen LogP contribution in [-0.2, 0) is 9.59 Å². The molecular weight excluding hydrogens is 365 g/mol. The van der Waals surface area contributed by atoms with E-state index in [1.54, 1.807) is 17.0 Å². The van der Waals surface area contributed by atoms with Crippen molar-refractivity contribution in [3.8, 4) is 0 Å². The summed E-state index contributed by atoms with van der Waals surface area (Å²) in [6.07, 6.45) is 0. The summed E-state index contributed by atoms with van der Waals surface area (Å²) in [6, 6.07) is 9.68. The molecule has 1 heterocycles.